The summed E-state index contributed by atoms with van der Waals surface area (Å²) >= 11 is 12.6. The summed E-state index contributed by atoms with van der Waals surface area (Å²) < 4.78 is 31.7. The molecule has 0 atom stereocenters. The summed E-state index contributed by atoms with van der Waals surface area (Å²) in [6, 6.07) is 3.39. The average Bonchev–Trinajstić information content (AvgIpc) is 3.34. The molecular formula is C21H30Cl2F3N7O4. The van der Waals surface area contributed by atoms with E-state index in [0.29, 0.717) is 40.9 Å². The first-order chi connectivity index (χ1) is 17.5. The fraction of sp³-hybridized carbons (Fsp3) is 0.524. The van der Waals surface area contributed by atoms with Gasteiger partial charge < -0.3 is 37.3 Å². The molecule has 0 unspecified atom stereocenters. The van der Waals surface area contributed by atoms with Crippen LogP contribution in [0.1, 0.15) is 24.8 Å². The van der Waals surface area contributed by atoms with Crippen molar-refractivity contribution in [2.45, 2.75) is 31.9 Å². The van der Waals surface area contributed by atoms with Crippen LogP contribution >= 0.6 is 23.2 Å². The number of halogens is 5. The van der Waals surface area contributed by atoms with Crippen molar-refractivity contribution in [3.8, 4) is 0 Å². The summed E-state index contributed by atoms with van der Waals surface area (Å²) in [5, 5.41) is 32.6. The summed E-state index contributed by atoms with van der Waals surface area (Å²) in [7, 11) is 0. The van der Waals surface area contributed by atoms with E-state index in [0.717, 1.165) is 44.9 Å². The molecule has 2 rings (SSSR count). The van der Waals surface area contributed by atoms with Crippen LogP contribution < -0.4 is 27.0 Å². The Labute approximate surface area is 221 Å². The zero-order valence-corrected chi connectivity index (χ0v) is 21.3. The highest BCUT2D eigenvalue weighted by Crippen LogP contribution is 2.32. The Morgan fingerprint density at radius 2 is 1.70 bits per heavy atom. The lowest BCUT2D eigenvalue weighted by Crippen LogP contribution is -2.35. The number of unbranched alkanes of at least 4 members (excludes halogenated alkanes) is 1. The first-order valence-electron chi connectivity index (χ1n) is 11.2. The number of amides is 1. The fourth-order valence-corrected chi connectivity index (χ4v) is 3.51. The second-order valence-corrected chi connectivity index (χ2v) is 8.39. The predicted molar refractivity (Wildman–Crippen MR) is 136 cm³/mol. The topological polar surface area (TPSA) is 173 Å². The van der Waals surface area contributed by atoms with Crippen LogP contribution in [0.25, 0.3) is 0 Å². The van der Waals surface area contributed by atoms with Crippen molar-refractivity contribution < 1.29 is 33.1 Å². The lowest BCUT2D eigenvalue weighted by Gasteiger charge is -2.13. The number of aliphatic imine (C=N–C) groups is 1. The molecule has 0 saturated heterocycles. The van der Waals surface area contributed by atoms with Gasteiger partial charge in [0.15, 0.2) is 5.96 Å². The maximum absolute atomic E-state index is 12.3. The summed E-state index contributed by atoms with van der Waals surface area (Å²) in [6.45, 7) is 4.13. The number of aliphatic carboxylic acids is 1. The van der Waals surface area contributed by atoms with Crippen molar-refractivity contribution in [1.29, 1.82) is 0 Å². The monoisotopic (exact) mass is 571 g/mol. The molecule has 1 aromatic carbocycles. The highest BCUT2D eigenvalue weighted by Gasteiger charge is 2.38. The van der Waals surface area contributed by atoms with Crippen LogP contribution in [0.4, 0.5) is 18.9 Å². The maximum Gasteiger partial charge on any atom is 0.490 e. The molecule has 0 aromatic heterocycles. The molecule has 37 heavy (non-hydrogen) atoms. The molecule has 1 amide bonds. The smallest absolute Gasteiger partial charge is 0.475 e. The summed E-state index contributed by atoms with van der Waals surface area (Å²) in [6.07, 6.45) is -2.53. The number of anilines is 1. The molecule has 1 aliphatic rings. The molecule has 1 heterocycles. The van der Waals surface area contributed by atoms with E-state index in [2.05, 4.69) is 31.4 Å². The first-order valence-corrected chi connectivity index (χ1v) is 12.0. The predicted octanol–water partition coefficient (Wildman–Crippen LogP) is 2.21. The number of rotatable bonds is 12. The number of carbonyl (C=O) groups excluding carboxylic acids is 1. The van der Waals surface area contributed by atoms with Crippen LogP contribution in [-0.4, -0.2) is 79.3 Å². The van der Waals surface area contributed by atoms with Crippen molar-refractivity contribution in [3.05, 3.63) is 27.7 Å². The fourth-order valence-electron chi connectivity index (χ4n) is 2.84. The third kappa shape index (κ3) is 12.7. The van der Waals surface area contributed by atoms with Crippen molar-refractivity contribution in [2.24, 2.45) is 15.9 Å². The van der Waals surface area contributed by atoms with Crippen LogP contribution in [0.2, 0.25) is 10.0 Å². The Balaban J connectivity index is 0.000000856. The highest BCUT2D eigenvalue weighted by atomic mass is 35.5. The van der Waals surface area contributed by atoms with Gasteiger partial charge >= 0.3 is 12.1 Å². The van der Waals surface area contributed by atoms with Gasteiger partial charge in [-0.25, -0.2) is 4.79 Å². The quantitative estimate of drug-likeness (QED) is 0.0864. The largest absolute Gasteiger partial charge is 0.490 e. The van der Waals surface area contributed by atoms with Crippen molar-refractivity contribution in [1.82, 2.24) is 16.0 Å². The number of nitrogens with zero attached hydrogens (tertiary/aromatic N) is 2. The van der Waals surface area contributed by atoms with Gasteiger partial charge in [0.05, 0.1) is 22.3 Å². The number of benzene rings is 1. The Kier molecular flexibility index (Phi) is 14.5. The van der Waals surface area contributed by atoms with Gasteiger partial charge in [0.25, 0.3) is 5.91 Å². The van der Waals surface area contributed by atoms with E-state index in [1.807, 2.05) is 0 Å². The van der Waals surface area contributed by atoms with Gasteiger partial charge in [-0.2, -0.15) is 13.2 Å². The van der Waals surface area contributed by atoms with E-state index in [4.69, 9.17) is 38.8 Å². The summed E-state index contributed by atoms with van der Waals surface area (Å²) in [4.78, 5) is 25.4. The maximum atomic E-state index is 12.3. The molecule has 0 fully saturated rings. The van der Waals surface area contributed by atoms with Gasteiger partial charge in [0.2, 0.25) is 0 Å². The summed E-state index contributed by atoms with van der Waals surface area (Å²) in [5.41, 5.74) is 6.77. The lowest BCUT2D eigenvalue weighted by molar-refractivity contribution is -0.192. The lowest BCUT2D eigenvalue weighted by atomic mass is 10.1. The van der Waals surface area contributed by atoms with E-state index < -0.39 is 18.1 Å². The molecule has 0 aliphatic carbocycles. The molecule has 0 saturated carbocycles. The number of carbonyl (C=O) groups is 2. The van der Waals surface area contributed by atoms with Crippen LogP contribution in [-0.2, 0) is 16.0 Å². The number of guanidine groups is 1. The van der Waals surface area contributed by atoms with Gasteiger partial charge in [-0.3, -0.25) is 9.79 Å². The minimum absolute atomic E-state index is 0.00592. The molecule has 0 spiro atoms. The van der Waals surface area contributed by atoms with E-state index >= 15 is 0 Å². The number of nitrogens with two attached hydrogens (primary N) is 1. The van der Waals surface area contributed by atoms with Crippen LogP contribution in [0, 0.1) is 0 Å². The number of carboxylic acids is 1. The van der Waals surface area contributed by atoms with Gasteiger partial charge in [0.1, 0.15) is 5.71 Å². The van der Waals surface area contributed by atoms with Crippen molar-refractivity contribution in [3.63, 3.8) is 0 Å². The molecule has 0 bridgehead atoms. The number of oxime groups is 1. The second-order valence-electron chi connectivity index (χ2n) is 7.58. The van der Waals surface area contributed by atoms with Crippen LogP contribution in [0.5, 0.6) is 0 Å². The normalized spacial score (nSPS) is 13.1. The molecule has 0 radical (unpaired) electrons. The summed E-state index contributed by atoms with van der Waals surface area (Å²) in [5.74, 6) is -2.36. The molecule has 8 N–H and O–H groups in total. The standard InChI is InChI=1S/C19H29Cl2N7O2.C2HF3O2/c20-14-10-13(11-15(21)17(14)23-7-3-4-22)12-16(28-30)18(29)24-5-1-2-6-25-19-26-8-9-27-19;3-2(4,5)1(6)7/h10-11,23,30H,1-9,12,22H2,(H,24,29)(H2,25,26,27);(H,6,7)/b28-16-;. The second kappa shape index (κ2) is 16.7. The van der Waals surface area contributed by atoms with E-state index in [1.165, 1.54) is 0 Å². The SMILES string of the molecule is NCCCNc1c(Cl)cc(C/C(=N/O)C(=O)NCCCCNC2=NCCN2)cc1Cl.O=C(O)C(F)(F)F. The molecule has 1 aliphatic heterocycles. The highest BCUT2D eigenvalue weighted by molar-refractivity contribution is 6.40. The van der Waals surface area contributed by atoms with Crippen molar-refractivity contribution >= 4 is 52.4 Å². The number of hydrogen-bond acceptors (Lipinski definition) is 9. The third-order valence-corrected chi connectivity index (χ3v) is 5.23. The average molecular weight is 572 g/mol. The van der Waals surface area contributed by atoms with Gasteiger partial charge in [0, 0.05) is 32.6 Å². The zero-order valence-electron chi connectivity index (χ0n) is 19.8. The number of alkyl halides is 3. The van der Waals surface area contributed by atoms with Crippen LogP contribution in [0.3, 0.4) is 0 Å². The number of carboxylic acid groups (broad SMARTS) is 1. The van der Waals surface area contributed by atoms with Gasteiger partial charge in [-0.05, 0) is 43.5 Å². The zero-order chi connectivity index (χ0) is 27.8. The number of nitrogens with one attached hydrogen (secondary N) is 4. The molecular weight excluding hydrogens is 542 g/mol. The Hall–Kier alpha value is -2.97. The van der Waals surface area contributed by atoms with Crippen LogP contribution in [0.15, 0.2) is 22.3 Å². The van der Waals surface area contributed by atoms with E-state index in [-0.39, 0.29) is 12.1 Å². The Morgan fingerprint density at radius 3 is 2.22 bits per heavy atom. The van der Waals surface area contributed by atoms with Crippen molar-refractivity contribution in [2.75, 3.05) is 44.6 Å². The first kappa shape index (κ1) is 32.1. The molecule has 16 heteroatoms. The number of hydrogen-bond donors (Lipinski definition) is 7. The van der Waals surface area contributed by atoms with Gasteiger partial charge in [-0.1, -0.05) is 28.4 Å². The Bertz CT molecular complexity index is 940. The van der Waals surface area contributed by atoms with Gasteiger partial charge in [-0.15, -0.1) is 0 Å². The van der Waals surface area contributed by atoms with E-state index in [9.17, 15) is 23.2 Å². The molecule has 11 nitrogen and oxygen atoms in total. The third-order valence-electron chi connectivity index (χ3n) is 4.64. The Morgan fingerprint density at radius 1 is 1.11 bits per heavy atom. The minimum Gasteiger partial charge on any atom is -0.475 e. The molecule has 208 valence electrons. The van der Waals surface area contributed by atoms with E-state index in [1.54, 1.807) is 12.1 Å². The molecule has 1 aromatic rings. The minimum atomic E-state index is -5.08.